The Morgan fingerprint density at radius 3 is 2.72 bits per heavy atom. The lowest BCUT2D eigenvalue weighted by Gasteiger charge is -2.06. The van der Waals surface area contributed by atoms with Gasteiger partial charge < -0.3 is 9.84 Å². The van der Waals surface area contributed by atoms with Gasteiger partial charge in [0.15, 0.2) is 11.5 Å². The molecular weight excluding hydrogens is 394 g/mol. The van der Waals surface area contributed by atoms with E-state index in [0.717, 1.165) is 0 Å². The van der Waals surface area contributed by atoms with E-state index in [1.54, 1.807) is 19.1 Å². The number of nitrogens with one attached hydrogen (secondary N) is 1. The van der Waals surface area contributed by atoms with E-state index in [1.165, 1.54) is 31.5 Å². The number of phenolic OH excluding ortho intramolecular Hbond substituents is 1. The maximum absolute atomic E-state index is 12.0. The molecule has 0 aromatic heterocycles. The van der Waals surface area contributed by atoms with Crippen molar-refractivity contribution in [2.24, 2.45) is 5.10 Å². The van der Waals surface area contributed by atoms with Gasteiger partial charge in [0.25, 0.3) is 11.6 Å². The van der Waals surface area contributed by atoms with Gasteiger partial charge in [0.1, 0.15) is 0 Å². The van der Waals surface area contributed by atoms with Gasteiger partial charge in [-0.25, -0.2) is 5.43 Å². The molecule has 0 aliphatic rings. The average Bonchev–Trinajstić information content (AvgIpc) is 2.57. The third kappa shape index (κ3) is 4.32. The van der Waals surface area contributed by atoms with E-state index in [4.69, 9.17) is 4.74 Å². The molecule has 25 heavy (non-hydrogen) atoms. The lowest BCUT2D eigenvalue weighted by atomic mass is 10.1. The number of carbonyl (C=O) groups is 1. The van der Waals surface area contributed by atoms with Crippen molar-refractivity contribution in [3.05, 3.63) is 61.6 Å². The van der Waals surface area contributed by atoms with Crippen molar-refractivity contribution < 1.29 is 19.6 Å². The van der Waals surface area contributed by atoms with Gasteiger partial charge in [-0.15, -0.1) is 0 Å². The Kier molecular flexibility index (Phi) is 5.71. The van der Waals surface area contributed by atoms with E-state index in [9.17, 15) is 20.0 Å². The number of amides is 1. The number of rotatable bonds is 5. The zero-order chi connectivity index (χ0) is 18.6. The number of hydrogen-bond donors (Lipinski definition) is 2. The number of ether oxygens (including phenoxy) is 1. The van der Waals surface area contributed by atoms with Gasteiger partial charge in [0.2, 0.25) is 0 Å². The van der Waals surface area contributed by atoms with Crippen molar-refractivity contribution in [2.75, 3.05) is 7.11 Å². The Bertz CT molecular complexity index is 867. The first-order valence-corrected chi connectivity index (χ1v) is 7.77. The van der Waals surface area contributed by atoms with Crippen LogP contribution in [-0.4, -0.2) is 29.3 Å². The predicted octanol–water partition coefficient (Wildman–Crippen LogP) is 3.14. The second kappa shape index (κ2) is 7.75. The zero-order valence-corrected chi connectivity index (χ0v) is 14.9. The van der Waals surface area contributed by atoms with Crippen LogP contribution < -0.4 is 10.2 Å². The summed E-state index contributed by atoms with van der Waals surface area (Å²) in [4.78, 5) is 22.3. The van der Waals surface area contributed by atoms with Crippen LogP contribution in [0.4, 0.5) is 5.69 Å². The van der Waals surface area contributed by atoms with Gasteiger partial charge in [0.05, 0.1) is 22.7 Å². The van der Waals surface area contributed by atoms with Gasteiger partial charge in [-0.2, -0.15) is 5.10 Å². The van der Waals surface area contributed by atoms with Crippen LogP contribution in [0.25, 0.3) is 0 Å². The molecule has 0 unspecified atom stereocenters. The first kappa shape index (κ1) is 18.4. The number of nitrogens with zero attached hydrogens (tertiary/aromatic N) is 2. The second-order valence-electron chi connectivity index (χ2n) is 5.01. The van der Waals surface area contributed by atoms with E-state index in [-0.39, 0.29) is 22.7 Å². The predicted molar refractivity (Wildman–Crippen MR) is 95.3 cm³/mol. The van der Waals surface area contributed by atoms with Crippen LogP contribution >= 0.6 is 15.9 Å². The number of carbonyl (C=O) groups excluding carboxylic acids is 1. The highest BCUT2D eigenvalue weighted by molar-refractivity contribution is 9.10. The maximum Gasteiger partial charge on any atom is 0.272 e. The molecule has 0 atom stereocenters. The lowest BCUT2D eigenvalue weighted by Crippen LogP contribution is -2.17. The third-order valence-corrected chi connectivity index (χ3v) is 3.91. The first-order chi connectivity index (χ1) is 11.8. The molecule has 2 aromatic carbocycles. The minimum Gasteiger partial charge on any atom is -0.503 e. The molecule has 130 valence electrons. The summed E-state index contributed by atoms with van der Waals surface area (Å²) in [6.45, 7) is 1.55. The summed E-state index contributed by atoms with van der Waals surface area (Å²) < 4.78 is 5.44. The molecule has 0 radical (unpaired) electrons. The third-order valence-electron chi connectivity index (χ3n) is 3.31. The number of hydrogen-bond acceptors (Lipinski definition) is 6. The van der Waals surface area contributed by atoms with Gasteiger partial charge in [-0.3, -0.25) is 14.9 Å². The molecule has 0 saturated carbocycles. The highest BCUT2D eigenvalue weighted by Gasteiger charge is 2.13. The largest absolute Gasteiger partial charge is 0.503 e. The number of benzene rings is 2. The summed E-state index contributed by atoms with van der Waals surface area (Å²) in [5, 5.41) is 24.4. The van der Waals surface area contributed by atoms with Crippen molar-refractivity contribution in [3.8, 4) is 11.5 Å². The van der Waals surface area contributed by atoms with Crippen molar-refractivity contribution >= 4 is 33.7 Å². The normalized spacial score (nSPS) is 10.7. The Morgan fingerprint density at radius 2 is 2.12 bits per heavy atom. The molecule has 1 amide bonds. The summed E-state index contributed by atoms with van der Waals surface area (Å²) >= 11 is 3.19. The number of nitro groups is 1. The average molecular weight is 408 g/mol. The smallest absolute Gasteiger partial charge is 0.272 e. The molecule has 0 aliphatic heterocycles. The highest BCUT2D eigenvalue weighted by Crippen LogP contribution is 2.34. The summed E-state index contributed by atoms with van der Waals surface area (Å²) in [7, 11) is 1.42. The van der Waals surface area contributed by atoms with Crippen molar-refractivity contribution in [2.45, 2.75) is 6.92 Å². The fourth-order valence-electron chi connectivity index (χ4n) is 2.06. The van der Waals surface area contributed by atoms with Crippen molar-refractivity contribution in [1.29, 1.82) is 0 Å². The van der Waals surface area contributed by atoms with E-state index in [0.29, 0.717) is 15.6 Å². The van der Waals surface area contributed by atoms with Crippen LogP contribution in [0.1, 0.15) is 21.5 Å². The summed E-state index contributed by atoms with van der Waals surface area (Å²) in [5.74, 6) is -0.280. The number of aryl methyl sites for hydroxylation is 1. The number of halogens is 1. The SMILES string of the molecule is COc1cc(/C=N/NC(=O)c2ccc([N+](=O)[O-])c(C)c2)cc(Br)c1O. The molecule has 2 N–H and O–H groups in total. The van der Waals surface area contributed by atoms with Crippen molar-refractivity contribution in [3.63, 3.8) is 0 Å². The molecule has 8 nitrogen and oxygen atoms in total. The minimum absolute atomic E-state index is 0.0370. The number of hydrazone groups is 1. The monoisotopic (exact) mass is 407 g/mol. The molecule has 9 heteroatoms. The van der Waals surface area contributed by atoms with Gasteiger partial charge in [0, 0.05) is 17.2 Å². The van der Waals surface area contributed by atoms with Gasteiger partial charge in [-0.1, -0.05) is 0 Å². The molecule has 0 heterocycles. The number of methoxy groups -OCH3 is 1. The van der Waals surface area contributed by atoms with E-state index >= 15 is 0 Å². The first-order valence-electron chi connectivity index (χ1n) is 6.98. The number of aromatic hydroxyl groups is 1. The molecule has 0 saturated heterocycles. The molecule has 2 aromatic rings. The second-order valence-corrected chi connectivity index (χ2v) is 5.87. The Balaban J connectivity index is 2.12. The number of nitro benzene ring substituents is 1. The van der Waals surface area contributed by atoms with Gasteiger partial charge in [-0.05, 0) is 52.7 Å². The quantitative estimate of drug-likeness (QED) is 0.448. The molecule has 0 aliphatic carbocycles. The van der Waals surface area contributed by atoms with Crippen LogP contribution in [-0.2, 0) is 0 Å². The molecular formula is C16H14BrN3O5. The summed E-state index contributed by atoms with van der Waals surface area (Å²) in [6.07, 6.45) is 1.38. The van der Waals surface area contributed by atoms with Crippen molar-refractivity contribution in [1.82, 2.24) is 5.43 Å². The molecule has 0 bridgehead atoms. The zero-order valence-electron chi connectivity index (χ0n) is 13.3. The molecule has 0 fully saturated rings. The standard InChI is InChI=1S/C16H14BrN3O5/c1-9-5-11(3-4-13(9)20(23)24)16(22)19-18-8-10-6-12(17)15(21)14(7-10)25-2/h3-8,21H,1-2H3,(H,19,22)/b18-8+. The molecule has 2 rings (SSSR count). The number of phenols is 1. The van der Waals surface area contributed by atoms with Crippen LogP contribution in [0.5, 0.6) is 11.5 Å². The van der Waals surface area contributed by atoms with Crippen LogP contribution in [0.15, 0.2) is 39.9 Å². The Labute approximate surface area is 151 Å². The summed E-state index contributed by atoms with van der Waals surface area (Å²) in [6, 6.07) is 7.20. The van der Waals surface area contributed by atoms with Gasteiger partial charge >= 0.3 is 0 Å². The van der Waals surface area contributed by atoms with Crippen LogP contribution in [0, 0.1) is 17.0 Å². The Hall–Kier alpha value is -2.94. The van der Waals surface area contributed by atoms with E-state index in [1.807, 2.05) is 0 Å². The summed E-state index contributed by atoms with van der Waals surface area (Å²) in [5.41, 5.74) is 3.50. The highest BCUT2D eigenvalue weighted by atomic mass is 79.9. The molecule has 0 spiro atoms. The van der Waals surface area contributed by atoms with Crippen LogP contribution in [0.3, 0.4) is 0 Å². The Morgan fingerprint density at radius 1 is 1.40 bits per heavy atom. The lowest BCUT2D eigenvalue weighted by molar-refractivity contribution is -0.385. The maximum atomic E-state index is 12.0. The van der Waals surface area contributed by atoms with E-state index in [2.05, 4.69) is 26.5 Å². The van der Waals surface area contributed by atoms with E-state index < -0.39 is 10.8 Å². The minimum atomic E-state index is -0.509. The topological polar surface area (TPSA) is 114 Å². The fraction of sp³-hybridized carbons (Fsp3) is 0.125. The fourth-order valence-corrected chi connectivity index (χ4v) is 2.52. The van der Waals surface area contributed by atoms with Crippen LogP contribution in [0.2, 0.25) is 0 Å².